The molecule has 2 aromatic rings. The van der Waals surface area contributed by atoms with Crippen LogP contribution >= 0.6 is 0 Å². The number of carbonyl (C=O) groups excluding carboxylic acids is 1. The zero-order valence-electron chi connectivity index (χ0n) is 11.8. The summed E-state index contributed by atoms with van der Waals surface area (Å²) in [4.78, 5) is 12.0. The van der Waals surface area contributed by atoms with Gasteiger partial charge in [-0.2, -0.15) is 0 Å². The van der Waals surface area contributed by atoms with Gasteiger partial charge in [0.05, 0.1) is 13.2 Å². The van der Waals surface area contributed by atoms with Crippen molar-refractivity contribution in [2.24, 2.45) is 5.73 Å². The van der Waals surface area contributed by atoms with E-state index >= 15 is 0 Å². The standard InChI is InChI=1S/C15H18N2O4/c1-19-7-8-20-12-4-2-3-11(9-12)17-15(18)14-6-5-13(10-16)21-14/h2-6,9H,7-8,10,16H2,1H3,(H,17,18). The average Bonchev–Trinajstić information content (AvgIpc) is 2.97. The zero-order chi connectivity index (χ0) is 15.1. The van der Waals surface area contributed by atoms with Crippen molar-refractivity contribution in [1.82, 2.24) is 0 Å². The summed E-state index contributed by atoms with van der Waals surface area (Å²) < 4.78 is 15.7. The van der Waals surface area contributed by atoms with E-state index in [0.29, 0.717) is 30.4 Å². The van der Waals surface area contributed by atoms with E-state index in [0.717, 1.165) is 0 Å². The van der Waals surface area contributed by atoms with Crippen LogP contribution in [0.15, 0.2) is 40.8 Å². The highest BCUT2D eigenvalue weighted by Crippen LogP contribution is 2.18. The lowest BCUT2D eigenvalue weighted by Gasteiger charge is -2.08. The highest BCUT2D eigenvalue weighted by Gasteiger charge is 2.11. The third kappa shape index (κ3) is 4.34. The number of furan rings is 1. The number of hydrogen-bond acceptors (Lipinski definition) is 5. The fourth-order valence-electron chi connectivity index (χ4n) is 1.71. The SMILES string of the molecule is COCCOc1cccc(NC(=O)c2ccc(CN)o2)c1. The number of ether oxygens (including phenoxy) is 2. The van der Waals surface area contributed by atoms with Gasteiger partial charge in [0.15, 0.2) is 5.76 Å². The Hall–Kier alpha value is -2.31. The number of anilines is 1. The second-order valence-electron chi connectivity index (χ2n) is 4.29. The molecule has 112 valence electrons. The van der Waals surface area contributed by atoms with Crippen LogP contribution in [0.5, 0.6) is 5.75 Å². The highest BCUT2D eigenvalue weighted by molar-refractivity contribution is 6.02. The molecule has 0 radical (unpaired) electrons. The molecule has 1 amide bonds. The first-order valence-electron chi connectivity index (χ1n) is 6.55. The van der Waals surface area contributed by atoms with E-state index in [1.807, 2.05) is 6.07 Å². The molecule has 2 rings (SSSR count). The quantitative estimate of drug-likeness (QED) is 0.762. The van der Waals surface area contributed by atoms with Crippen molar-refractivity contribution in [3.63, 3.8) is 0 Å². The maximum atomic E-state index is 12.0. The second-order valence-corrected chi connectivity index (χ2v) is 4.29. The van der Waals surface area contributed by atoms with Gasteiger partial charge < -0.3 is 24.9 Å². The molecule has 0 aliphatic heterocycles. The monoisotopic (exact) mass is 290 g/mol. The van der Waals surface area contributed by atoms with Crippen molar-refractivity contribution >= 4 is 11.6 Å². The summed E-state index contributed by atoms with van der Waals surface area (Å²) in [6, 6.07) is 10.4. The summed E-state index contributed by atoms with van der Waals surface area (Å²) >= 11 is 0. The molecule has 0 fully saturated rings. The van der Waals surface area contributed by atoms with Gasteiger partial charge in [-0.25, -0.2) is 0 Å². The van der Waals surface area contributed by atoms with Gasteiger partial charge in [0, 0.05) is 18.9 Å². The fourth-order valence-corrected chi connectivity index (χ4v) is 1.71. The Morgan fingerprint density at radius 2 is 2.14 bits per heavy atom. The maximum absolute atomic E-state index is 12.0. The zero-order valence-corrected chi connectivity index (χ0v) is 11.8. The van der Waals surface area contributed by atoms with Crippen LogP contribution in [0.2, 0.25) is 0 Å². The number of benzene rings is 1. The van der Waals surface area contributed by atoms with Crippen LogP contribution in [0.25, 0.3) is 0 Å². The Balaban J connectivity index is 1.98. The Kier molecular flexibility index (Phi) is 5.36. The maximum Gasteiger partial charge on any atom is 0.291 e. The Labute approximate surface area is 122 Å². The first-order valence-corrected chi connectivity index (χ1v) is 6.55. The van der Waals surface area contributed by atoms with E-state index in [2.05, 4.69) is 5.32 Å². The molecule has 6 nitrogen and oxygen atoms in total. The smallest absolute Gasteiger partial charge is 0.291 e. The van der Waals surface area contributed by atoms with Crippen LogP contribution in [-0.2, 0) is 11.3 Å². The summed E-state index contributed by atoms with van der Waals surface area (Å²) in [6.45, 7) is 1.22. The van der Waals surface area contributed by atoms with Gasteiger partial charge in [-0.15, -0.1) is 0 Å². The van der Waals surface area contributed by atoms with Crippen LogP contribution < -0.4 is 15.8 Å². The lowest BCUT2D eigenvalue weighted by molar-refractivity contribution is 0.0995. The van der Waals surface area contributed by atoms with Crippen molar-refractivity contribution in [2.45, 2.75) is 6.54 Å². The summed E-state index contributed by atoms with van der Waals surface area (Å²) in [5.41, 5.74) is 6.07. The number of methoxy groups -OCH3 is 1. The summed E-state index contributed by atoms with van der Waals surface area (Å²) in [5, 5.41) is 2.74. The van der Waals surface area contributed by atoms with Crippen molar-refractivity contribution in [3.8, 4) is 5.75 Å². The number of rotatable bonds is 7. The molecule has 0 aliphatic rings. The Morgan fingerprint density at radius 1 is 1.29 bits per heavy atom. The van der Waals surface area contributed by atoms with E-state index in [9.17, 15) is 4.79 Å². The topological polar surface area (TPSA) is 86.7 Å². The molecular formula is C15H18N2O4. The molecule has 0 spiro atoms. The molecule has 1 heterocycles. The average molecular weight is 290 g/mol. The van der Waals surface area contributed by atoms with E-state index in [1.54, 1.807) is 37.4 Å². The van der Waals surface area contributed by atoms with Crippen molar-refractivity contribution < 1.29 is 18.7 Å². The number of amides is 1. The lowest BCUT2D eigenvalue weighted by atomic mass is 10.3. The number of hydrogen-bond donors (Lipinski definition) is 2. The molecule has 1 aromatic heterocycles. The molecule has 0 saturated carbocycles. The minimum absolute atomic E-state index is 0.223. The second kappa shape index (κ2) is 7.47. The van der Waals surface area contributed by atoms with Gasteiger partial charge in [0.25, 0.3) is 5.91 Å². The first-order chi connectivity index (χ1) is 10.2. The molecule has 0 unspecified atom stereocenters. The van der Waals surface area contributed by atoms with Gasteiger partial charge in [0.2, 0.25) is 0 Å². The number of carbonyl (C=O) groups is 1. The van der Waals surface area contributed by atoms with Crippen LogP contribution in [0.4, 0.5) is 5.69 Å². The molecule has 0 bridgehead atoms. The molecule has 6 heteroatoms. The molecule has 21 heavy (non-hydrogen) atoms. The van der Waals surface area contributed by atoms with Gasteiger partial charge in [-0.3, -0.25) is 4.79 Å². The fraction of sp³-hybridized carbons (Fsp3) is 0.267. The Bertz CT molecular complexity index is 595. The van der Waals surface area contributed by atoms with Crippen molar-refractivity contribution in [2.75, 3.05) is 25.6 Å². The minimum Gasteiger partial charge on any atom is -0.491 e. The summed E-state index contributed by atoms with van der Waals surface area (Å²) in [6.07, 6.45) is 0. The van der Waals surface area contributed by atoms with Crippen LogP contribution in [0.3, 0.4) is 0 Å². The van der Waals surface area contributed by atoms with Crippen LogP contribution in [-0.4, -0.2) is 26.2 Å². The summed E-state index contributed by atoms with van der Waals surface area (Å²) in [7, 11) is 1.61. The molecule has 0 atom stereocenters. The van der Waals surface area contributed by atoms with E-state index in [-0.39, 0.29) is 18.2 Å². The molecular weight excluding hydrogens is 272 g/mol. The van der Waals surface area contributed by atoms with Crippen LogP contribution in [0.1, 0.15) is 16.3 Å². The van der Waals surface area contributed by atoms with E-state index < -0.39 is 0 Å². The van der Waals surface area contributed by atoms with Crippen molar-refractivity contribution in [1.29, 1.82) is 0 Å². The lowest BCUT2D eigenvalue weighted by Crippen LogP contribution is -2.11. The van der Waals surface area contributed by atoms with Gasteiger partial charge in [-0.1, -0.05) is 6.07 Å². The van der Waals surface area contributed by atoms with Gasteiger partial charge in [0.1, 0.15) is 18.1 Å². The first kappa shape index (κ1) is 15.1. The number of nitrogens with one attached hydrogen (secondary N) is 1. The largest absolute Gasteiger partial charge is 0.491 e. The molecule has 1 aromatic carbocycles. The molecule has 0 aliphatic carbocycles. The van der Waals surface area contributed by atoms with Gasteiger partial charge >= 0.3 is 0 Å². The van der Waals surface area contributed by atoms with E-state index in [1.165, 1.54) is 0 Å². The molecule has 0 saturated heterocycles. The summed E-state index contributed by atoms with van der Waals surface area (Å²) in [5.74, 6) is 1.12. The third-order valence-corrected chi connectivity index (χ3v) is 2.73. The molecule has 3 N–H and O–H groups in total. The number of nitrogens with two attached hydrogens (primary N) is 1. The van der Waals surface area contributed by atoms with Crippen molar-refractivity contribution in [3.05, 3.63) is 47.9 Å². The van der Waals surface area contributed by atoms with Gasteiger partial charge in [-0.05, 0) is 24.3 Å². The predicted octanol–water partition coefficient (Wildman–Crippen LogP) is 2.02. The normalized spacial score (nSPS) is 10.4. The minimum atomic E-state index is -0.330. The van der Waals surface area contributed by atoms with E-state index in [4.69, 9.17) is 19.6 Å². The predicted molar refractivity (Wildman–Crippen MR) is 78.4 cm³/mol. The third-order valence-electron chi connectivity index (χ3n) is 2.73. The highest BCUT2D eigenvalue weighted by atomic mass is 16.5. The Morgan fingerprint density at radius 3 is 2.86 bits per heavy atom. The van der Waals surface area contributed by atoms with Crippen LogP contribution in [0, 0.1) is 0 Å².